The van der Waals surface area contributed by atoms with E-state index in [9.17, 15) is 10.1 Å². The Morgan fingerprint density at radius 3 is 2.82 bits per heavy atom. The third-order valence-corrected chi connectivity index (χ3v) is 2.29. The van der Waals surface area contributed by atoms with Gasteiger partial charge in [0.25, 0.3) is 0 Å². The van der Waals surface area contributed by atoms with Crippen LogP contribution in [0.5, 0.6) is 5.88 Å². The monoisotopic (exact) mass is 240 g/mol. The molecular formula is C10H16N4O3. The number of hydrogen-bond acceptors (Lipinski definition) is 6. The van der Waals surface area contributed by atoms with Crippen LogP contribution < -0.4 is 15.4 Å². The molecule has 0 saturated carbocycles. The molecule has 17 heavy (non-hydrogen) atoms. The fourth-order valence-electron chi connectivity index (χ4n) is 1.40. The van der Waals surface area contributed by atoms with Crippen molar-refractivity contribution < 1.29 is 9.66 Å². The summed E-state index contributed by atoms with van der Waals surface area (Å²) in [6.07, 6.45) is 0.743. The molecule has 1 aromatic rings. The smallest absolute Gasteiger partial charge is 0.311 e. The zero-order valence-corrected chi connectivity index (χ0v) is 9.92. The highest BCUT2D eigenvalue weighted by Gasteiger charge is 2.19. The standard InChI is InChI=1S/C10H16N4O3/c1-13(7-3-6-11)10-8(14(15)16)4-5-9(12-10)17-2/h4-5H,3,6-7,11H2,1-2H3. The van der Waals surface area contributed by atoms with E-state index in [-0.39, 0.29) is 5.69 Å². The summed E-state index contributed by atoms with van der Waals surface area (Å²) in [5, 5.41) is 10.9. The van der Waals surface area contributed by atoms with Gasteiger partial charge in [-0.25, -0.2) is 0 Å². The third kappa shape index (κ3) is 3.28. The Kier molecular flexibility index (Phi) is 4.65. The number of hydrogen-bond donors (Lipinski definition) is 1. The molecule has 0 atom stereocenters. The molecule has 1 aromatic heterocycles. The molecule has 0 bridgehead atoms. The number of nitrogens with two attached hydrogens (primary N) is 1. The lowest BCUT2D eigenvalue weighted by Crippen LogP contribution is -2.23. The van der Waals surface area contributed by atoms with Crippen LogP contribution in [-0.4, -0.2) is 37.2 Å². The van der Waals surface area contributed by atoms with Crippen molar-refractivity contribution in [2.24, 2.45) is 5.73 Å². The minimum Gasteiger partial charge on any atom is -0.481 e. The summed E-state index contributed by atoms with van der Waals surface area (Å²) in [7, 11) is 3.21. The summed E-state index contributed by atoms with van der Waals surface area (Å²) < 4.78 is 4.96. The Morgan fingerprint density at radius 2 is 2.29 bits per heavy atom. The topological polar surface area (TPSA) is 94.5 Å². The maximum absolute atomic E-state index is 10.9. The first kappa shape index (κ1) is 13.2. The first-order valence-electron chi connectivity index (χ1n) is 5.20. The van der Waals surface area contributed by atoms with Crippen LogP contribution in [0.25, 0.3) is 0 Å². The summed E-state index contributed by atoms with van der Waals surface area (Å²) >= 11 is 0. The SMILES string of the molecule is COc1ccc([N+](=O)[O-])c(N(C)CCCN)n1. The molecule has 94 valence electrons. The van der Waals surface area contributed by atoms with Crippen molar-refractivity contribution in [2.75, 3.05) is 32.1 Å². The normalized spacial score (nSPS) is 10.1. The number of nitrogens with zero attached hydrogens (tertiary/aromatic N) is 3. The predicted molar refractivity (Wildman–Crippen MR) is 64.4 cm³/mol. The number of anilines is 1. The van der Waals surface area contributed by atoms with Crippen molar-refractivity contribution in [1.82, 2.24) is 4.98 Å². The van der Waals surface area contributed by atoms with Gasteiger partial charge in [-0.2, -0.15) is 4.98 Å². The minimum atomic E-state index is -0.458. The lowest BCUT2D eigenvalue weighted by atomic mass is 10.3. The van der Waals surface area contributed by atoms with Gasteiger partial charge in [0, 0.05) is 25.7 Å². The van der Waals surface area contributed by atoms with E-state index in [1.54, 1.807) is 11.9 Å². The Morgan fingerprint density at radius 1 is 1.59 bits per heavy atom. The molecule has 0 amide bonds. The molecule has 7 heteroatoms. The third-order valence-electron chi connectivity index (χ3n) is 2.29. The highest BCUT2D eigenvalue weighted by atomic mass is 16.6. The van der Waals surface area contributed by atoms with E-state index in [2.05, 4.69) is 4.98 Å². The fourth-order valence-corrected chi connectivity index (χ4v) is 1.40. The molecule has 0 aliphatic rings. The number of nitro groups is 1. The van der Waals surface area contributed by atoms with E-state index in [4.69, 9.17) is 10.5 Å². The molecule has 0 aliphatic carbocycles. The fraction of sp³-hybridized carbons (Fsp3) is 0.500. The van der Waals surface area contributed by atoms with E-state index in [1.807, 2.05) is 0 Å². The van der Waals surface area contributed by atoms with Crippen molar-refractivity contribution in [3.8, 4) is 5.88 Å². The van der Waals surface area contributed by atoms with Crippen LogP contribution in [0.2, 0.25) is 0 Å². The molecule has 0 aromatic carbocycles. The highest BCUT2D eigenvalue weighted by Crippen LogP contribution is 2.27. The van der Waals surface area contributed by atoms with Gasteiger partial charge in [0.2, 0.25) is 11.7 Å². The van der Waals surface area contributed by atoms with Crippen LogP contribution in [0.15, 0.2) is 12.1 Å². The quantitative estimate of drug-likeness (QED) is 0.583. The van der Waals surface area contributed by atoms with Crippen LogP contribution in [0.3, 0.4) is 0 Å². The average molecular weight is 240 g/mol. The maximum atomic E-state index is 10.9. The van der Waals surface area contributed by atoms with Gasteiger partial charge in [-0.1, -0.05) is 0 Å². The molecule has 0 fully saturated rings. The summed E-state index contributed by atoms with van der Waals surface area (Å²) in [4.78, 5) is 16.2. The van der Waals surface area contributed by atoms with Crippen molar-refractivity contribution in [1.29, 1.82) is 0 Å². The molecular weight excluding hydrogens is 224 g/mol. The molecule has 2 N–H and O–H groups in total. The second-order valence-electron chi connectivity index (χ2n) is 3.52. The van der Waals surface area contributed by atoms with Crippen molar-refractivity contribution in [3.05, 3.63) is 22.2 Å². The average Bonchev–Trinajstić information content (AvgIpc) is 2.34. The molecule has 0 aliphatic heterocycles. The van der Waals surface area contributed by atoms with E-state index in [1.165, 1.54) is 19.2 Å². The summed E-state index contributed by atoms with van der Waals surface area (Å²) in [5.74, 6) is 0.646. The van der Waals surface area contributed by atoms with Crippen LogP contribution >= 0.6 is 0 Å². The highest BCUT2D eigenvalue weighted by molar-refractivity contribution is 5.58. The predicted octanol–water partition coefficient (Wildman–Crippen LogP) is 0.783. The zero-order valence-electron chi connectivity index (χ0n) is 9.92. The molecule has 0 radical (unpaired) electrons. The van der Waals surface area contributed by atoms with Crippen molar-refractivity contribution >= 4 is 11.5 Å². The second-order valence-corrected chi connectivity index (χ2v) is 3.52. The van der Waals surface area contributed by atoms with E-state index in [0.29, 0.717) is 24.8 Å². The van der Waals surface area contributed by atoms with Gasteiger partial charge in [-0.05, 0) is 13.0 Å². The van der Waals surface area contributed by atoms with Crippen LogP contribution in [-0.2, 0) is 0 Å². The van der Waals surface area contributed by atoms with E-state index >= 15 is 0 Å². The minimum absolute atomic E-state index is 0.0367. The van der Waals surface area contributed by atoms with E-state index < -0.39 is 4.92 Å². The van der Waals surface area contributed by atoms with Gasteiger partial charge < -0.3 is 15.4 Å². The molecule has 0 saturated heterocycles. The number of pyridine rings is 1. The number of methoxy groups -OCH3 is 1. The van der Waals surface area contributed by atoms with Crippen LogP contribution in [0.1, 0.15) is 6.42 Å². The Bertz CT molecular complexity index is 397. The van der Waals surface area contributed by atoms with Gasteiger partial charge in [0.15, 0.2) is 0 Å². The first-order valence-corrected chi connectivity index (χ1v) is 5.20. The lowest BCUT2D eigenvalue weighted by molar-refractivity contribution is -0.384. The van der Waals surface area contributed by atoms with Gasteiger partial charge in [0.1, 0.15) is 0 Å². The Labute approximate surface area is 99.3 Å². The summed E-state index contributed by atoms with van der Waals surface area (Å²) in [6.45, 7) is 1.14. The Hall–Kier alpha value is -1.89. The number of rotatable bonds is 6. The van der Waals surface area contributed by atoms with Crippen molar-refractivity contribution in [2.45, 2.75) is 6.42 Å². The number of aromatic nitrogens is 1. The zero-order chi connectivity index (χ0) is 12.8. The van der Waals surface area contributed by atoms with E-state index in [0.717, 1.165) is 6.42 Å². The molecule has 0 spiro atoms. The summed E-state index contributed by atoms with van der Waals surface area (Å²) in [5.41, 5.74) is 5.37. The van der Waals surface area contributed by atoms with Gasteiger partial charge in [-0.15, -0.1) is 0 Å². The Balaban J connectivity index is 3.03. The van der Waals surface area contributed by atoms with Gasteiger partial charge >= 0.3 is 5.69 Å². The van der Waals surface area contributed by atoms with Gasteiger partial charge in [0.05, 0.1) is 12.0 Å². The van der Waals surface area contributed by atoms with Crippen LogP contribution in [0, 0.1) is 10.1 Å². The molecule has 7 nitrogen and oxygen atoms in total. The number of ether oxygens (including phenoxy) is 1. The molecule has 1 heterocycles. The van der Waals surface area contributed by atoms with Gasteiger partial charge in [-0.3, -0.25) is 10.1 Å². The largest absolute Gasteiger partial charge is 0.481 e. The first-order chi connectivity index (χ1) is 8.10. The lowest BCUT2D eigenvalue weighted by Gasteiger charge is -2.17. The summed E-state index contributed by atoms with van der Waals surface area (Å²) in [6, 6.07) is 2.86. The maximum Gasteiger partial charge on any atom is 0.311 e. The van der Waals surface area contributed by atoms with Crippen molar-refractivity contribution in [3.63, 3.8) is 0 Å². The van der Waals surface area contributed by atoms with Crippen LogP contribution in [0.4, 0.5) is 11.5 Å². The molecule has 0 unspecified atom stereocenters. The molecule has 1 rings (SSSR count). The second kappa shape index (κ2) is 6.00.